The summed E-state index contributed by atoms with van der Waals surface area (Å²) in [5.41, 5.74) is 0.804. The zero-order valence-electron chi connectivity index (χ0n) is 17.0. The Labute approximate surface area is 174 Å². The number of thiazole rings is 1. The SMILES string of the molecule is CN1CCN(Cc2nc(C(=O)Nc3cccc4c3OC(C)(C)CC4=O)cs2)CC1. The van der Waals surface area contributed by atoms with Crippen molar-refractivity contribution >= 4 is 28.7 Å². The number of para-hydroxylation sites is 1. The molecule has 7 nitrogen and oxygen atoms in total. The number of anilines is 1. The van der Waals surface area contributed by atoms with Crippen LogP contribution in [0.3, 0.4) is 0 Å². The van der Waals surface area contributed by atoms with E-state index < -0.39 is 5.60 Å². The highest BCUT2D eigenvalue weighted by Crippen LogP contribution is 2.38. The van der Waals surface area contributed by atoms with E-state index in [1.165, 1.54) is 11.3 Å². The van der Waals surface area contributed by atoms with E-state index in [0.717, 1.165) is 37.7 Å². The summed E-state index contributed by atoms with van der Waals surface area (Å²) in [6.45, 7) is 8.62. The van der Waals surface area contributed by atoms with Crippen LogP contribution in [0.1, 0.15) is 46.1 Å². The number of amides is 1. The molecule has 4 rings (SSSR count). The molecule has 0 spiro atoms. The molecule has 0 aliphatic carbocycles. The van der Waals surface area contributed by atoms with Gasteiger partial charge in [0.15, 0.2) is 11.5 Å². The van der Waals surface area contributed by atoms with Gasteiger partial charge in [-0.3, -0.25) is 14.5 Å². The smallest absolute Gasteiger partial charge is 0.275 e. The predicted octanol–water partition coefficient (Wildman–Crippen LogP) is 2.89. The number of carbonyl (C=O) groups excluding carboxylic acids is 2. The summed E-state index contributed by atoms with van der Waals surface area (Å²) in [4.78, 5) is 34.4. The minimum absolute atomic E-state index is 0.0236. The third-order valence-electron chi connectivity index (χ3n) is 5.27. The number of aromatic nitrogens is 1. The van der Waals surface area contributed by atoms with Crippen LogP contribution in [0.25, 0.3) is 0 Å². The van der Waals surface area contributed by atoms with Crippen LogP contribution in [0, 0.1) is 0 Å². The van der Waals surface area contributed by atoms with Gasteiger partial charge in [-0.2, -0.15) is 0 Å². The van der Waals surface area contributed by atoms with Crippen molar-refractivity contribution < 1.29 is 14.3 Å². The fourth-order valence-corrected chi connectivity index (χ4v) is 4.45. The normalized spacial score (nSPS) is 19.5. The lowest BCUT2D eigenvalue weighted by Crippen LogP contribution is -2.43. The average Bonchev–Trinajstić information content (AvgIpc) is 3.12. The number of Topliss-reactive ketones (excluding diaryl/α,β-unsaturated/α-hetero) is 1. The molecule has 1 amide bonds. The van der Waals surface area contributed by atoms with Crippen LogP contribution in [0.4, 0.5) is 5.69 Å². The van der Waals surface area contributed by atoms with Crippen molar-refractivity contribution in [3.63, 3.8) is 0 Å². The minimum atomic E-state index is -0.596. The van der Waals surface area contributed by atoms with Gasteiger partial charge in [0.1, 0.15) is 16.3 Å². The lowest BCUT2D eigenvalue weighted by Gasteiger charge is -2.32. The average molecular weight is 415 g/mol. The Morgan fingerprint density at radius 3 is 2.79 bits per heavy atom. The number of fused-ring (bicyclic) bond motifs is 1. The Bertz CT molecular complexity index is 932. The quantitative estimate of drug-likeness (QED) is 0.829. The van der Waals surface area contributed by atoms with Crippen molar-refractivity contribution in [3.05, 3.63) is 39.8 Å². The van der Waals surface area contributed by atoms with E-state index in [0.29, 0.717) is 29.1 Å². The molecule has 0 saturated carbocycles. The van der Waals surface area contributed by atoms with Gasteiger partial charge in [0, 0.05) is 31.6 Å². The van der Waals surface area contributed by atoms with Crippen molar-refractivity contribution in [2.24, 2.45) is 0 Å². The second kappa shape index (κ2) is 7.85. The summed E-state index contributed by atoms with van der Waals surface area (Å²) < 4.78 is 6.01. The topological polar surface area (TPSA) is 74.8 Å². The first kappa shape index (κ1) is 20.0. The van der Waals surface area contributed by atoms with E-state index >= 15 is 0 Å². The maximum atomic E-state index is 12.8. The molecule has 8 heteroatoms. The molecule has 0 radical (unpaired) electrons. The molecule has 154 valence electrons. The molecule has 1 aromatic carbocycles. The molecule has 1 saturated heterocycles. The first-order valence-electron chi connectivity index (χ1n) is 9.83. The highest BCUT2D eigenvalue weighted by molar-refractivity contribution is 7.09. The maximum Gasteiger partial charge on any atom is 0.275 e. The predicted molar refractivity (Wildman–Crippen MR) is 113 cm³/mol. The molecule has 1 N–H and O–H groups in total. The van der Waals surface area contributed by atoms with E-state index in [2.05, 4.69) is 27.1 Å². The molecule has 0 atom stereocenters. The second-order valence-electron chi connectivity index (χ2n) is 8.30. The number of piperazine rings is 1. The Kier molecular flexibility index (Phi) is 5.42. The van der Waals surface area contributed by atoms with Gasteiger partial charge in [-0.05, 0) is 33.0 Å². The van der Waals surface area contributed by atoms with Crippen LogP contribution in [-0.2, 0) is 6.54 Å². The van der Waals surface area contributed by atoms with E-state index in [9.17, 15) is 9.59 Å². The molecule has 0 bridgehead atoms. The van der Waals surface area contributed by atoms with Crippen LogP contribution in [0.2, 0.25) is 0 Å². The Morgan fingerprint density at radius 2 is 2.03 bits per heavy atom. The number of likely N-dealkylation sites (N-methyl/N-ethyl adjacent to an activating group) is 1. The Balaban J connectivity index is 1.46. The van der Waals surface area contributed by atoms with Gasteiger partial charge in [0.05, 0.1) is 24.2 Å². The second-order valence-corrected chi connectivity index (χ2v) is 9.25. The number of benzene rings is 1. The van der Waals surface area contributed by atoms with Crippen LogP contribution < -0.4 is 10.1 Å². The summed E-state index contributed by atoms with van der Waals surface area (Å²) in [5, 5.41) is 5.59. The fraction of sp³-hybridized carbons (Fsp3) is 0.476. The monoisotopic (exact) mass is 414 g/mol. The number of hydrogen-bond donors (Lipinski definition) is 1. The van der Waals surface area contributed by atoms with Gasteiger partial charge in [0.2, 0.25) is 0 Å². The molecule has 2 aliphatic heterocycles. The van der Waals surface area contributed by atoms with Crippen LogP contribution in [0.15, 0.2) is 23.6 Å². The third-order valence-corrected chi connectivity index (χ3v) is 6.10. The van der Waals surface area contributed by atoms with Gasteiger partial charge >= 0.3 is 0 Å². The largest absolute Gasteiger partial charge is 0.484 e. The number of carbonyl (C=O) groups is 2. The zero-order valence-corrected chi connectivity index (χ0v) is 17.8. The first-order chi connectivity index (χ1) is 13.8. The zero-order chi connectivity index (χ0) is 20.6. The summed E-state index contributed by atoms with van der Waals surface area (Å²) in [7, 11) is 2.13. The van der Waals surface area contributed by atoms with E-state index in [-0.39, 0.29) is 11.7 Å². The molecule has 1 fully saturated rings. The van der Waals surface area contributed by atoms with E-state index in [1.54, 1.807) is 23.6 Å². The number of ether oxygens (including phenoxy) is 1. The van der Waals surface area contributed by atoms with E-state index in [1.807, 2.05) is 13.8 Å². The maximum absolute atomic E-state index is 12.8. The summed E-state index contributed by atoms with van der Waals surface area (Å²) >= 11 is 1.50. The Hall–Kier alpha value is -2.29. The molecule has 2 aromatic rings. The highest BCUT2D eigenvalue weighted by atomic mass is 32.1. The van der Waals surface area contributed by atoms with Gasteiger partial charge in [0.25, 0.3) is 5.91 Å². The van der Waals surface area contributed by atoms with Crippen LogP contribution in [-0.4, -0.2) is 65.3 Å². The lowest BCUT2D eigenvalue weighted by molar-refractivity contribution is 0.0622. The number of nitrogens with one attached hydrogen (secondary N) is 1. The fourth-order valence-electron chi connectivity index (χ4n) is 3.63. The standard InChI is InChI=1S/C21H26N4O3S/c1-21(2)11-17(26)14-5-4-6-15(19(14)28-21)23-20(27)16-13-29-18(22-16)12-25-9-7-24(3)8-10-25/h4-6,13H,7-12H2,1-3H3,(H,23,27). The molecule has 1 aromatic heterocycles. The van der Waals surface area contributed by atoms with Crippen LogP contribution in [0.5, 0.6) is 5.75 Å². The summed E-state index contributed by atoms with van der Waals surface area (Å²) in [6, 6.07) is 5.25. The minimum Gasteiger partial charge on any atom is -0.484 e. The first-order valence-corrected chi connectivity index (χ1v) is 10.7. The molecular formula is C21H26N4O3S. The van der Waals surface area contributed by atoms with Crippen molar-refractivity contribution in [2.75, 3.05) is 38.5 Å². The number of hydrogen-bond acceptors (Lipinski definition) is 7. The van der Waals surface area contributed by atoms with Crippen molar-refractivity contribution in [1.82, 2.24) is 14.8 Å². The molecule has 2 aliphatic rings. The molecule has 0 unspecified atom stereocenters. The number of nitrogens with zero attached hydrogens (tertiary/aromatic N) is 3. The van der Waals surface area contributed by atoms with Crippen LogP contribution >= 0.6 is 11.3 Å². The van der Waals surface area contributed by atoms with Gasteiger partial charge in [-0.15, -0.1) is 11.3 Å². The summed E-state index contributed by atoms with van der Waals surface area (Å²) in [6.07, 6.45) is 0.319. The molecule has 29 heavy (non-hydrogen) atoms. The van der Waals surface area contributed by atoms with Gasteiger partial charge in [-0.1, -0.05) is 6.07 Å². The number of rotatable bonds is 4. The lowest BCUT2D eigenvalue weighted by atomic mass is 9.92. The summed E-state index contributed by atoms with van der Waals surface area (Å²) in [5.74, 6) is 0.171. The molecular weight excluding hydrogens is 388 g/mol. The van der Waals surface area contributed by atoms with Gasteiger partial charge in [-0.25, -0.2) is 4.98 Å². The third kappa shape index (κ3) is 4.49. The van der Waals surface area contributed by atoms with E-state index in [4.69, 9.17) is 4.74 Å². The van der Waals surface area contributed by atoms with Crippen molar-refractivity contribution in [3.8, 4) is 5.75 Å². The Morgan fingerprint density at radius 1 is 1.28 bits per heavy atom. The van der Waals surface area contributed by atoms with Gasteiger partial charge < -0.3 is 15.0 Å². The van der Waals surface area contributed by atoms with Crippen molar-refractivity contribution in [2.45, 2.75) is 32.4 Å². The number of ketones is 1. The van der Waals surface area contributed by atoms with Crippen molar-refractivity contribution in [1.29, 1.82) is 0 Å². The highest BCUT2D eigenvalue weighted by Gasteiger charge is 2.34. The molecule has 3 heterocycles.